The molecule has 2 nitrogen and oxygen atoms in total. The average molecular weight is 289 g/mol. The molecule has 0 bridgehead atoms. The Balaban J connectivity index is 2.03. The first-order chi connectivity index (χ1) is 8.14. The van der Waals surface area contributed by atoms with Crippen molar-refractivity contribution in [2.45, 2.75) is 17.7 Å². The Bertz CT molecular complexity index is 567. The third-order valence-corrected chi connectivity index (χ3v) is 3.51. The van der Waals surface area contributed by atoms with E-state index in [1.54, 1.807) is 0 Å². The fourth-order valence-electron chi connectivity index (χ4n) is 2.04. The van der Waals surface area contributed by atoms with Crippen molar-refractivity contribution >= 4 is 22.1 Å². The Morgan fingerprint density at radius 2 is 2.06 bits per heavy atom. The first-order valence-electron chi connectivity index (χ1n) is 5.65. The summed E-state index contributed by atoms with van der Waals surface area (Å²) in [7, 11) is 0. The summed E-state index contributed by atoms with van der Waals surface area (Å²) < 4.78 is 2.13. The molecule has 3 heteroatoms. The Morgan fingerprint density at radius 1 is 1.29 bits per heavy atom. The lowest BCUT2D eigenvalue weighted by Gasteiger charge is -2.21. The molecule has 1 aliphatic heterocycles. The molecule has 0 saturated heterocycles. The fraction of sp³-hybridized carbons (Fsp3) is 0.214. The van der Waals surface area contributed by atoms with E-state index < -0.39 is 0 Å². The minimum absolute atomic E-state index is 0.0301. The lowest BCUT2D eigenvalue weighted by molar-refractivity contribution is 0.721. The zero-order valence-electron chi connectivity index (χ0n) is 9.60. The SMILES string of the molecule is CC1(Br)C=Cn2cc(-c3ccccc3)nc2C1. The van der Waals surface area contributed by atoms with Crippen LogP contribution < -0.4 is 0 Å². The smallest absolute Gasteiger partial charge is 0.115 e. The molecule has 86 valence electrons. The number of imidazole rings is 1. The monoisotopic (exact) mass is 288 g/mol. The molecule has 1 unspecified atom stereocenters. The standard InChI is InChI=1S/C14H13BrN2/c1-14(15)7-8-17-10-12(16-13(17)9-14)11-5-3-2-4-6-11/h2-8,10H,9H2,1H3. The van der Waals surface area contributed by atoms with Crippen LogP contribution in [0.2, 0.25) is 0 Å². The first-order valence-corrected chi connectivity index (χ1v) is 6.45. The molecule has 0 spiro atoms. The zero-order chi connectivity index (χ0) is 11.9. The Hall–Kier alpha value is -1.35. The third-order valence-electron chi connectivity index (χ3n) is 2.96. The van der Waals surface area contributed by atoms with E-state index in [0.717, 1.165) is 17.9 Å². The number of hydrogen-bond acceptors (Lipinski definition) is 1. The summed E-state index contributed by atoms with van der Waals surface area (Å²) in [6, 6.07) is 10.3. The van der Waals surface area contributed by atoms with Gasteiger partial charge in [0.15, 0.2) is 0 Å². The predicted molar refractivity (Wildman–Crippen MR) is 74.0 cm³/mol. The molecule has 17 heavy (non-hydrogen) atoms. The van der Waals surface area contributed by atoms with Gasteiger partial charge in [-0.1, -0.05) is 52.3 Å². The van der Waals surface area contributed by atoms with E-state index in [-0.39, 0.29) is 4.32 Å². The van der Waals surface area contributed by atoms with Crippen molar-refractivity contribution in [3.8, 4) is 11.3 Å². The predicted octanol–water partition coefficient (Wildman–Crippen LogP) is 3.73. The number of rotatable bonds is 1. The van der Waals surface area contributed by atoms with Crippen LogP contribution in [0, 0.1) is 0 Å². The quantitative estimate of drug-likeness (QED) is 0.731. The second-order valence-electron chi connectivity index (χ2n) is 4.59. The van der Waals surface area contributed by atoms with E-state index in [1.807, 2.05) is 18.2 Å². The largest absolute Gasteiger partial charge is 0.310 e. The van der Waals surface area contributed by atoms with Crippen LogP contribution in [-0.2, 0) is 6.42 Å². The van der Waals surface area contributed by atoms with Crippen molar-refractivity contribution in [2.24, 2.45) is 0 Å². The number of nitrogens with zero attached hydrogens (tertiary/aromatic N) is 2. The van der Waals surface area contributed by atoms with E-state index >= 15 is 0 Å². The summed E-state index contributed by atoms with van der Waals surface area (Å²) in [5, 5.41) is 0. The summed E-state index contributed by atoms with van der Waals surface area (Å²) in [5.74, 6) is 1.10. The summed E-state index contributed by atoms with van der Waals surface area (Å²) in [6.45, 7) is 2.16. The molecular formula is C14H13BrN2. The van der Waals surface area contributed by atoms with Gasteiger partial charge in [-0.25, -0.2) is 4.98 Å². The van der Waals surface area contributed by atoms with Crippen molar-refractivity contribution in [3.63, 3.8) is 0 Å². The number of alkyl halides is 1. The number of allylic oxidation sites excluding steroid dienone is 1. The van der Waals surface area contributed by atoms with Crippen LogP contribution in [-0.4, -0.2) is 13.9 Å². The zero-order valence-corrected chi connectivity index (χ0v) is 11.2. The number of fused-ring (bicyclic) bond motifs is 1. The molecule has 1 atom stereocenters. The van der Waals surface area contributed by atoms with Gasteiger partial charge in [0, 0.05) is 28.7 Å². The number of benzene rings is 1. The van der Waals surface area contributed by atoms with Crippen LogP contribution in [0.4, 0.5) is 0 Å². The lowest BCUT2D eigenvalue weighted by Crippen LogP contribution is -2.21. The molecule has 1 aliphatic rings. The van der Waals surface area contributed by atoms with Crippen molar-refractivity contribution in [2.75, 3.05) is 0 Å². The molecule has 1 aromatic carbocycles. The third kappa shape index (κ3) is 2.07. The van der Waals surface area contributed by atoms with Gasteiger partial charge in [-0.2, -0.15) is 0 Å². The topological polar surface area (TPSA) is 17.8 Å². The fourth-order valence-corrected chi connectivity index (χ4v) is 2.41. The van der Waals surface area contributed by atoms with E-state index in [1.165, 1.54) is 5.56 Å². The summed E-state index contributed by atoms with van der Waals surface area (Å²) in [6.07, 6.45) is 7.24. The Kier molecular flexibility index (Phi) is 2.44. The second kappa shape index (κ2) is 3.84. The summed E-state index contributed by atoms with van der Waals surface area (Å²) in [5.41, 5.74) is 2.20. The van der Waals surface area contributed by atoms with Crippen LogP contribution in [0.1, 0.15) is 12.7 Å². The highest BCUT2D eigenvalue weighted by Gasteiger charge is 2.24. The molecule has 3 rings (SSSR count). The van der Waals surface area contributed by atoms with Gasteiger partial charge in [0.25, 0.3) is 0 Å². The van der Waals surface area contributed by atoms with Crippen LogP contribution >= 0.6 is 15.9 Å². The van der Waals surface area contributed by atoms with Gasteiger partial charge >= 0.3 is 0 Å². The molecule has 0 N–H and O–H groups in total. The molecular weight excluding hydrogens is 276 g/mol. The van der Waals surface area contributed by atoms with Gasteiger partial charge in [-0.15, -0.1) is 0 Å². The van der Waals surface area contributed by atoms with Gasteiger partial charge in [0.2, 0.25) is 0 Å². The van der Waals surface area contributed by atoms with E-state index in [4.69, 9.17) is 4.98 Å². The van der Waals surface area contributed by atoms with Crippen LogP contribution in [0.15, 0.2) is 42.6 Å². The normalized spacial score (nSPS) is 22.5. The summed E-state index contributed by atoms with van der Waals surface area (Å²) >= 11 is 3.69. The van der Waals surface area contributed by atoms with Crippen molar-refractivity contribution in [1.29, 1.82) is 0 Å². The molecule has 0 amide bonds. The highest BCUT2D eigenvalue weighted by Crippen LogP contribution is 2.30. The molecule has 0 saturated carbocycles. The second-order valence-corrected chi connectivity index (χ2v) is 6.40. The average Bonchev–Trinajstić information content (AvgIpc) is 2.71. The van der Waals surface area contributed by atoms with E-state index in [9.17, 15) is 0 Å². The van der Waals surface area contributed by atoms with Crippen molar-refractivity contribution in [1.82, 2.24) is 9.55 Å². The van der Waals surface area contributed by atoms with Gasteiger partial charge in [-0.3, -0.25) is 0 Å². The van der Waals surface area contributed by atoms with Crippen molar-refractivity contribution < 1.29 is 0 Å². The molecule has 0 radical (unpaired) electrons. The maximum absolute atomic E-state index is 4.70. The number of halogens is 1. The molecule has 1 aromatic heterocycles. The first kappa shape index (κ1) is 10.8. The van der Waals surface area contributed by atoms with Crippen LogP contribution in [0.3, 0.4) is 0 Å². The summed E-state index contributed by atoms with van der Waals surface area (Å²) in [4.78, 5) is 4.70. The van der Waals surface area contributed by atoms with Crippen LogP contribution in [0.5, 0.6) is 0 Å². The molecule has 2 aromatic rings. The number of aromatic nitrogens is 2. The van der Waals surface area contributed by atoms with Gasteiger partial charge in [0.05, 0.1) is 5.69 Å². The molecule has 0 aliphatic carbocycles. The lowest BCUT2D eigenvalue weighted by atomic mass is 10.1. The molecule has 0 fully saturated rings. The number of hydrogen-bond donors (Lipinski definition) is 0. The highest BCUT2D eigenvalue weighted by molar-refractivity contribution is 9.10. The minimum Gasteiger partial charge on any atom is -0.310 e. The van der Waals surface area contributed by atoms with E-state index in [2.05, 4.69) is 58.0 Å². The minimum atomic E-state index is 0.0301. The maximum atomic E-state index is 4.70. The Labute approximate surface area is 109 Å². The maximum Gasteiger partial charge on any atom is 0.115 e. The molecule has 2 heterocycles. The highest BCUT2D eigenvalue weighted by atomic mass is 79.9. The van der Waals surface area contributed by atoms with Crippen LogP contribution in [0.25, 0.3) is 17.5 Å². The van der Waals surface area contributed by atoms with Gasteiger partial charge in [0.1, 0.15) is 5.82 Å². The van der Waals surface area contributed by atoms with Gasteiger partial charge in [-0.05, 0) is 6.92 Å². The van der Waals surface area contributed by atoms with Crippen molar-refractivity contribution in [3.05, 3.63) is 48.4 Å². The van der Waals surface area contributed by atoms with Gasteiger partial charge < -0.3 is 4.57 Å². The Morgan fingerprint density at radius 3 is 2.82 bits per heavy atom. The van der Waals surface area contributed by atoms with E-state index in [0.29, 0.717) is 0 Å².